The van der Waals surface area contributed by atoms with Gasteiger partial charge in [0.1, 0.15) is 11.4 Å². The van der Waals surface area contributed by atoms with Crippen LogP contribution in [0, 0.1) is 6.92 Å². The van der Waals surface area contributed by atoms with Crippen LogP contribution in [0.5, 0.6) is 0 Å². The quantitative estimate of drug-likeness (QED) is 0.495. The number of nitrogens with two attached hydrogens (primary N) is 2. The Bertz CT molecular complexity index is 1130. The van der Waals surface area contributed by atoms with Crippen LogP contribution in [0.4, 0.5) is 23.1 Å². The van der Waals surface area contributed by atoms with Crippen LogP contribution < -0.4 is 21.5 Å². The minimum atomic E-state index is -3.77. The number of aromatic nitrogens is 2. The highest BCUT2D eigenvalue weighted by atomic mass is 32.2. The van der Waals surface area contributed by atoms with Crippen molar-refractivity contribution >= 4 is 39.1 Å². The van der Waals surface area contributed by atoms with E-state index in [4.69, 9.17) is 10.9 Å². The molecule has 0 aliphatic heterocycles. The van der Waals surface area contributed by atoms with Crippen molar-refractivity contribution in [1.29, 1.82) is 0 Å². The molecule has 2 aromatic carbocycles. The molecule has 28 heavy (non-hydrogen) atoms. The smallest absolute Gasteiger partial charge is 0.254 e. The zero-order valence-electron chi connectivity index (χ0n) is 14.9. The monoisotopic (exact) mass is 398 g/mol. The number of benzene rings is 2. The largest absolute Gasteiger partial charge is 0.365 e. The number of hydrogen-bond donors (Lipinski definition) is 4. The molecule has 0 radical (unpaired) electrons. The molecule has 1 amide bonds. The van der Waals surface area contributed by atoms with Crippen LogP contribution in [0.3, 0.4) is 0 Å². The number of primary amides is 1. The normalized spacial score (nSPS) is 11.1. The highest BCUT2D eigenvalue weighted by molar-refractivity contribution is 7.89. The minimum absolute atomic E-state index is 0.00940. The van der Waals surface area contributed by atoms with Crippen LogP contribution in [0.2, 0.25) is 0 Å². The van der Waals surface area contributed by atoms with E-state index in [2.05, 4.69) is 20.6 Å². The van der Waals surface area contributed by atoms with Crippen LogP contribution in [-0.4, -0.2) is 24.3 Å². The zero-order chi connectivity index (χ0) is 20.3. The number of nitrogens with zero attached hydrogens (tertiary/aromatic N) is 2. The summed E-state index contributed by atoms with van der Waals surface area (Å²) in [6.45, 7) is 1.94. The second-order valence-electron chi connectivity index (χ2n) is 6.01. The predicted molar refractivity (Wildman–Crippen MR) is 106 cm³/mol. The summed E-state index contributed by atoms with van der Waals surface area (Å²) in [6, 6.07) is 13.3. The maximum absolute atomic E-state index is 11.7. The van der Waals surface area contributed by atoms with E-state index in [0.717, 1.165) is 11.3 Å². The molecule has 6 N–H and O–H groups in total. The van der Waals surface area contributed by atoms with Crippen molar-refractivity contribution in [2.24, 2.45) is 10.9 Å². The molecule has 0 fully saturated rings. The van der Waals surface area contributed by atoms with Gasteiger partial charge >= 0.3 is 0 Å². The molecular weight excluding hydrogens is 380 g/mol. The van der Waals surface area contributed by atoms with E-state index in [1.54, 1.807) is 0 Å². The SMILES string of the molecule is Cc1cccc(Nc2nc(Nc3ccc(S(N)(=O)=O)cc3)ncc2C(N)=O)c1. The lowest BCUT2D eigenvalue weighted by molar-refractivity contribution is 0.100. The number of carbonyl (C=O) groups excluding carboxylic acids is 1. The summed E-state index contributed by atoms with van der Waals surface area (Å²) >= 11 is 0. The van der Waals surface area contributed by atoms with Crippen LogP contribution in [0.1, 0.15) is 15.9 Å². The van der Waals surface area contributed by atoms with Crippen molar-refractivity contribution in [3.8, 4) is 0 Å². The molecule has 0 unspecified atom stereocenters. The second kappa shape index (κ2) is 7.62. The Balaban J connectivity index is 1.89. The molecule has 3 rings (SSSR count). The fraction of sp³-hybridized carbons (Fsp3) is 0.0556. The molecule has 0 saturated carbocycles. The molecule has 144 valence electrons. The summed E-state index contributed by atoms with van der Waals surface area (Å²) in [6.07, 6.45) is 1.31. The van der Waals surface area contributed by atoms with E-state index >= 15 is 0 Å². The minimum Gasteiger partial charge on any atom is -0.365 e. The molecule has 0 aliphatic carbocycles. The number of primary sulfonamides is 1. The number of rotatable bonds is 6. The van der Waals surface area contributed by atoms with Gasteiger partial charge in [0.05, 0.1) is 4.90 Å². The van der Waals surface area contributed by atoms with Crippen molar-refractivity contribution in [1.82, 2.24) is 9.97 Å². The summed E-state index contributed by atoms with van der Waals surface area (Å²) in [5.41, 5.74) is 7.86. The van der Waals surface area contributed by atoms with Gasteiger partial charge in [-0.25, -0.2) is 18.5 Å². The fourth-order valence-corrected chi connectivity index (χ4v) is 2.95. The molecule has 0 aliphatic rings. The van der Waals surface area contributed by atoms with E-state index in [1.165, 1.54) is 30.5 Å². The molecule has 0 saturated heterocycles. The Hall–Kier alpha value is -3.50. The lowest BCUT2D eigenvalue weighted by atomic mass is 10.2. The van der Waals surface area contributed by atoms with Gasteiger partial charge in [-0.3, -0.25) is 4.79 Å². The molecule has 0 bridgehead atoms. The number of anilines is 4. The summed E-state index contributed by atoms with van der Waals surface area (Å²) < 4.78 is 22.7. The number of aryl methyl sites for hydroxylation is 1. The predicted octanol–water partition coefficient (Wildman–Crippen LogP) is 2.02. The third kappa shape index (κ3) is 4.61. The molecule has 9 nitrogen and oxygen atoms in total. The van der Waals surface area contributed by atoms with Gasteiger partial charge in [-0.15, -0.1) is 0 Å². The van der Waals surface area contributed by atoms with Crippen LogP contribution in [-0.2, 0) is 10.0 Å². The van der Waals surface area contributed by atoms with Crippen LogP contribution >= 0.6 is 0 Å². The number of amides is 1. The van der Waals surface area contributed by atoms with Gasteiger partial charge in [0.15, 0.2) is 0 Å². The summed E-state index contributed by atoms with van der Waals surface area (Å²) in [5, 5.41) is 11.1. The third-order valence-corrected chi connectivity index (χ3v) is 4.70. The highest BCUT2D eigenvalue weighted by Crippen LogP contribution is 2.22. The number of hydrogen-bond acceptors (Lipinski definition) is 7. The van der Waals surface area contributed by atoms with Gasteiger partial charge in [-0.1, -0.05) is 12.1 Å². The fourth-order valence-electron chi connectivity index (χ4n) is 2.43. The molecule has 10 heteroatoms. The first-order chi connectivity index (χ1) is 13.2. The summed E-state index contributed by atoms with van der Waals surface area (Å²) in [4.78, 5) is 20.1. The van der Waals surface area contributed by atoms with Gasteiger partial charge in [0, 0.05) is 17.6 Å². The second-order valence-corrected chi connectivity index (χ2v) is 7.57. The Labute approximate surface area is 161 Å². The lowest BCUT2D eigenvalue weighted by Crippen LogP contribution is -2.15. The van der Waals surface area contributed by atoms with Crippen molar-refractivity contribution in [2.45, 2.75) is 11.8 Å². The van der Waals surface area contributed by atoms with Crippen molar-refractivity contribution in [3.63, 3.8) is 0 Å². The molecule has 1 aromatic heterocycles. The number of sulfonamides is 1. The zero-order valence-corrected chi connectivity index (χ0v) is 15.7. The number of nitrogens with one attached hydrogen (secondary N) is 2. The van der Waals surface area contributed by atoms with Gasteiger partial charge in [-0.2, -0.15) is 4.98 Å². The maximum atomic E-state index is 11.7. The molecular formula is C18H18N6O3S. The first-order valence-electron chi connectivity index (χ1n) is 8.13. The van der Waals surface area contributed by atoms with E-state index < -0.39 is 15.9 Å². The van der Waals surface area contributed by atoms with Crippen molar-refractivity contribution in [3.05, 3.63) is 65.9 Å². The Kier molecular flexibility index (Phi) is 5.25. The van der Waals surface area contributed by atoms with Gasteiger partial charge in [0.2, 0.25) is 16.0 Å². The molecule has 1 heterocycles. The first kappa shape index (κ1) is 19.3. The van der Waals surface area contributed by atoms with E-state index in [9.17, 15) is 13.2 Å². The third-order valence-electron chi connectivity index (χ3n) is 3.77. The van der Waals surface area contributed by atoms with E-state index in [1.807, 2.05) is 31.2 Å². The standard InChI is InChI=1S/C18H18N6O3S/c1-11-3-2-4-13(9-11)22-17-15(16(19)25)10-21-18(24-17)23-12-5-7-14(8-6-12)28(20,26)27/h2-10H,1H3,(H2,19,25)(H2,20,26,27)(H2,21,22,23,24). The van der Waals surface area contributed by atoms with Gasteiger partial charge < -0.3 is 16.4 Å². The van der Waals surface area contributed by atoms with Crippen LogP contribution in [0.25, 0.3) is 0 Å². The summed E-state index contributed by atoms with van der Waals surface area (Å²) in [7, 11) is -3.77. The first-order valence-corrected chi connectivity index (χ1v) is 9.67. The Morgan fingerprint density at radius 2 is 1.75 bits per heavy atom. The van der Waals surface area contributed by atoms with E-state index in [-0.39, 0.29) is 22.2 Å². The van der Waals surface area contributed by atoms with E-state index in [0.29, 0.717) is 5.69 Å². The van der Waals surface area contributed by atoms with Crippen molar-refractivity contribution in [2.75, 3.05) is 10.6 Å². The average Bonchev–Trinajstić information content (AvgIpc) is 2.61. The Morgan fingerprint density at radius 3 is 2.36 bits per heavy atom. The lowest BCUT2D eigenvalue weighted by Gasteiger charge is -2.12. The Morgan fingerprint density at radius 1 is 1.04 bits per heavy atom. The molecule has 3 aromatic rings. The van der Waals surface area contributed by atoms with Crippen LogP contribution in [0.15, 0.2) is 59.6 Å². The van der Waals surface area contributed by atoms with Gasteiger partial charge in [-0.05, 0) is 48.9 Å². The number of carbonyl (C=O) groups is 1. The van der Waals surface area contributed by atoms with Crippen molar-refractivity contribution < 1.29 is 13.2 Å². The average molecular weight is 398 g/mol. The maximum Gasteiger partial charge on any atom is 0.254 e. The van der Waals surface area contributed by atoms with Gasteiger partial charge in [0.25, 0.3) is 5.91 Å². The highest BCUT2D eigenvalue weighted by Gasteiger charge is 2.13. The topological polar surface area (TPSA) is 153 Å². The summed E-state index contributed by atoms with van der Waals surface area (Å²) in [5.74, 6) is -0.223. The molecule has 0 spiro atoms. The molecule has 0 atom stereocenters.